The summed E-state index contributed by atoms with van der Waals surface area (Å²) in [5.41, 5.74) is 4.07. The van der Waals surface area contributed by atoms with Gasteiger partial charge in [-0.2, -0.15) is 0 Å². The predicted octanol–water partition coefficient (Wildman–Crippen LogP) is 3.61. The number of nitrogens with zero attached hydrogens (tertiary/aromatic N) is 2. The summed E-state index contributed by atoms with van der Waals surface area (Å²) in [6.45, 7) is 1.98. The fourth-order valence-corrected chi connectivity index (χ4v) is 1.85. The first-order valence-corrected chi connectivity index (χ1v) is 5.62. The topological polar surface area (TPSA) is 25.8 Å². The van der Waals surface area contributed by atoms with Gasteiger partial charge in [-0.25, -0.2) is 4.98 Å². The van der Waals surface area contributed by atoms with E-state index in [1.54, 1.807) is 0 Å². The van der Waals surface area contributed by atoms with Gasteiger partial charge in [0.05, 0.1) is 11.2 Å². The first kappa shape index (κ1) is 9.97. The van der Waals surface area contributed by atoms with Crippen molar-refractivity contribution in [1.82, 2.24) is 9.97 Å². The molecular weight excluding hydrogens is 208 g/mol. The third-order valence-corrected chi connectivity index (χ3v) is 2.81. The van der Waals surface area contributed by atoms with Gasteiger partial charge in [-0.1, -0.05) is 24.3 Å². The zero-order chi connectivity index (χ0) is 11.7. The lowest BCUT2D eigenvalue weighted by atomic mass is 10.1. The van der Waals surface area contributed by atoms with Crippen LogP contribution in [-0.4, -0.2) is 9.97 Å². The molecule has 0 aliphatic carbocycles. The summed E-state index contributed by atoms with van der Waals surface area (Å²) in [5.74, 6) is 0. The average molecular weight is 220 g/mol. The predicted molar refractivity (Wildman–Crippen MR) is 69.7 cm³/mol. The molecule has 17 heavy (non-hydrogen) atoms. The summed E-state index contributed by atoms with van der Waals surface area (Å²) in [6.07, 6.45) is 1.87. The third kappa shape index (κ3) is 1.89. The molecule has 0 aliphatic rings. The molecule has 82 valence electrons. The van der Waals surface area contributed by atoms with E-state index in [-0.39, 0.29) is 0 Å². The first-order valence-electron chi connectivity index (χ1n) is 5.62. The standard InChI is InChI=1S/C15H12N2/c1-11-6-7-13(10-16-11)15-9-8-12-4-2-3-5-14(12)17-15/h2-10H,1H3. The van der Waals surface area contributed by atoms with E-state index in [1.807, 2.05) is 43.5 Å². The molecule has 2 aromatic heterocycles. The van der Waals surface area contributed by atoms with Crippen molar-refractivity contribution >= 4 is 10.9 Å². The van der Waals surface area contributed by atoms with Crippen LogP contribution in [0.4, 0.5) is 0 Å². The third-order valence-electron chi connectivity index (χ3n) is 2.81. The maximum atomic E-state index is 4.64. The SMILES string of the molecule is Cc1ccc(-c2ccc3ccccc3n2)cn1. The van der Waals surface area contributed by atoms with Gasteiger partial charge in [0, 0.05) is 22.8 Å². The first-order chi connectivity index (χ1) is 8.33. The smallest absolute Gasteiger partial charge is 0.0725 e. The van der Waals surface area contributed by atoms with Crippen molar-refractivity contribution in [1.29, 1.82) is 0 Å². The van der Waals surface area contributed by atoms with Crippen molar-refractivity contribution in [2.24, 2.45) is 0 Å². The van der Waals surface area contributed by atoms with Crippen molar-refractivity contribution in [3.05, 3.63) is 60.4 Å². The Kier molecular flexibility index (Phi) is 2.33. The van der Waals surface area contributed by atoms with E-state index in [9.17, 15) is 0 Å². The van der Waals surface area contributed by atoms with Crippen molar-refractivity contribution < 1.29 is 0 Å². The molecule has 0 bridgehead atoms. The number of pyridine rings is 2. The monoisotopic (exact) mass is 220 g/mol. The number of para-hydroxylation sites is 1. The van der Waals surface area contributed by atoms with Crippen LogP contribution in [0.1, 0.15) is 5.69 Å². The quantitative estimate of drug-likeness (QED) is 0.626. The van der Waals surface area contributed by atoms with Crippen LogP contribution < -0.4 is 0 Å². The molecular formula is C15H12N2. The van der Waals surface area contributed by atoms with E-state index in [0.29, 0.717) is 0 Å². The average Bonchev–Trinajstić information content (AvgIpc) is 2.39. The van der Waals surface area contributed by atoms with Gasteiger partial charge in [-0.05, 0) is 31.2 Å². The van der Waals surface area contributed by atoms with Crippen LogP contribution in [0.5, 0.6) is 0 Å². The summed E-state index contributed by atoms with van der Waals surface area (Å²) < 4.78 is 0. The molecule has 0 unspecified atom stereocenters. The van der Waals surface area contributed by atoms with E-state index in [4.69, 9.17) is 0 Å². The van der Waals surface area contributed by atoms with Crippen LogP contribution in [0.3, 0.4) is 0 Å². The summed E-state index contributed by atoms with van der Waals surface area (Å²) in [4.78, 5) is 8.93. The normalized spacial score (nSPS) is 10.6. The van der Waals surface area contributed by atoms with E-state index >= 15 is 0 Å². The highest BCUT2D eigenvalue weighted by Crippen LogP contribution is 2.20. The Morgan fingerprint density at radius 2 is 1.76 bits per heavy atom. The molecule has 0 amide bonds. The summed E-state index contributed by atoms with van der Waals surface area (Å²) in [5, 5.41) is 1.16. The molecule has 0 aliphatic heterocycles. The van der Waals surface area contributed by atoms with Crippen molar-refractivity contribution in [2.75, 3.05) is 0 Å². The van der Waals surface area contributed by atoms with Crippen LogP contribution >= 0.6 is 0 Å². The second kappa shape index (κ2) is 3.98. The zero-order valence-electron chi connectivity index (χ0n) is 9.59. The van der Waals surface area contributed by atoms with Gasteiger partial charge in [0.2, 0.25) is 0 Å². The Bertz CT molecular complexity index is 657. The highest BCUT2D eigenvalue weighted by molar-refractivity contribution is 5.81. The van der Waals surface area contributed by atoms with Crippen LogP contribution in [0.25, 0.3) is 22.2 Å². The Morgan fingerprint density at radius 1 is 0.882 bits per heavy atom. The van der Waals surface area contributed by atoms with Gasteiger partial charge in [0.15, 0.2) is 0 Å². The van der Waals surface area contributed by atoms with Gasteiger partial charge < -0.3 is 0 Å². The largest absolute Gasteiger partial charge is 0.261 e. The molecule has 2 heteroatoms. The lowest BCUT2D eigenvalue weighted by Crippen LogP contribution is -1.87. The zero-order valence-corrected chi connectivity index (χ0v) is 9.59. The van der Waals surface area contributed by atoms with Gasteiger partial charge in [-0.3, -0.25) is 4.98 Å². The number of rotatable bonds is 1. The van der Waals surface area contributed by atoms with Crippen molar-refractivity contribution in [3.63, 3.8) is 0 Å². The summed E-state index contributed by atoms with van der Waals surface area (Å²) >= 11 is 0. The number of aryl methyl sites for hydroxylation is 1. The Hall–Kier alpha value is -2.22. The molecule has 3 aromatic rings. The Labute approximate surface area is 100.0 Å². The molecule has 3 rings (SSSR count). The Morgan fingerprint density at radius 3 is 2.59 bits per heavy atom. The molecule has 1 aromatic carbocycles. The molecule has 0 radical (unpaired) electrons. The van der Waals surface area contributed by atoms with Gasteiger partial charge >= 0.3 is 0 Å². The molecule has 0 fully saturated rings. The lowest BCUT2D eigenvalue weighted by Gasteiger charge is -2.03. The van der Waals surface area contributed by atoms with Crippen molar-refractivity contribution in [2.45, 2.75) is 6.92 Å². The molecule has 0 saturated heterocycles. The minimum absolute atomic E-state index is 0.969. The molecule has 0 atom stereocenters. The van der Waals surface area contributed by atoms with E-state index in [2.05, 4.69) is 28.2 Å². The van der Waals surface area contributed by atoms with E-state index in [1.165, 1.54) is 0 Å². The fourth-order valence-electron chi connectivity index (χ4n) is 1.85. The molecule has 0 spiro atoms. The molecule has 0 N–H and O–H groups in total. The van der Waals surface area contributed by atoms with Gasteiger partial charge in [0.25, 0.3) is 0 Å². The lowest BCUT2D eigenvalue weighted by molar-refractivity contribution is 1.20. The van der Waals surface area contributed by atoms with E-state index < -0.39 is 0 Å². The van der Waals surface area contributed by atoms with Crippen LogP contribution in [0.2, 0.25) is 0 Å². The number of hydrogen-bond acceptors (Lipinski definition) is 2. The van der Waals surface area contributed by atoms with E-state index in [0.717, 1.165) is 27.9 Å². The maximum absolute atomic E-state index is 4.64. The Balaban J connectivity index is 2.14. The number of hydrogen-bond donors (Lipinski definition) is 0. The van der Waals surface area contributed by atoms with Gasteiger partial charge in [-0.15, -0.1) is 0 Å². The number of aromatic nitrogens is 2. The maximum Gasteiger partial charge on any atom is 0.0725 e. The molecule has 0 saturated carbocycles. The van der Waals surface area contributed by atoms with Crippen LogP contribution in [0, 0.1) is 6.92 Å². The second-order valence-corrected chi connectivity index (χ2v) is 4.08. The van der Waals surface area contributed by atoms with Crippen LogP contribution in [-0.2, 0) is 0 Å². The van der Waals surface area contributed by atoms with Crippen LogP contribution in [0.15, 0.2) is 54.7 Å². The van der Waals surface area contributed by atoms with Gasteiger partial charge in [0.1, 0.15) is 0 Å². The highest BCUT2D eigenvalue weighted by Gasteiger charge is 2.01. The highest BCUT2D eigenvalue weighted by atomic mass is 14.7. The molecule has 2 nitrogen and oxygen atoms in total. The minimum Gasteiger partial charge on any atom is -0.261 e. The number of benzene rings is 1. The number of fused-ring (bicyclic) bond motifs is 1. The summed E-state index contributed by atoms with van der Waals surface area (Å²) in [6, 6.07) is 16.3. The minimum atomic E-state index is 0.969. The van der Waals surface area contributed by atoms with Crippen molar-refractivity contribution in [3.8, 4) is 11.3 Å². The molecule has 2 heterocycles. The fraction of sp³-hybridized carbons (Fsp3) is 0.0667. The second-order valence-electron chi connectivity index (χ2n) is 4.08. The summed E-state index contributed by atoms with van der Waals surface area (Å²) in [7, 11) is 0.